The Labute approximate surface area is 134 Å². The highest BCUT2D eigenvalue weighted by atomic mass is 16.5. The van der Waals surface area contributed by atoms with Crippen LogP contribution in [0.4, 0.5) is 5.69 Å². The number of amides is 1. The van der Waals surface area contributed by atoms with E-state index in [0.29, 0.717) is 11.4 Å². The van der Waals surface area contributed by atoms with E-state index >= 15 is 0 Å². The Kier molecular flexibility index (Phi) is 5.94. The average molecular weight is 311 g/mol. The summed E-state index contributed by atoms with van der Waals surface area (Å²) in [6.45, 7) is -0.337. The largest absolute Gasteiger partial charge is 0.497 e. The molecule has 23 heavy (non-hydrogen) atoms. The number of hydrogen-bond acceptors (Lipinski definition) is 4. The summed E-state index contributed by atoms with van der Waals surface area (Å²) in [6.07, 6.45) is 2.87. The molecule has 0 aliphatic carbocycles. The van der Waals surface area contributed by atoms with E-state index in [1.54, 1.807) is 43.5 Å². The molecule has 0 aromatic heterocycles. The van der Waals surface area contributed by atoms with Crippen molar-refractivity contribution in [2.24, 2.45) is 0 Å². The fourth-order valence-corrected chi connectivity index (χ4v) is 1.81. The second kappa shape index (κ2) is 8.38. The third-order valence-corrected chi connectivity index (χ3v) is 2.91. The van der Waals surface area contributed by atoms with Gasteiger partial charge in [-0.2, -0.15) is 0 Å². The van der Waals surface area contributed by atoms with Crippen LogP contribution in [0.25, 0.3) is 6.08 Å². The van der Waals surface area contributed by atoms with Crippen LogP contribution in [-0.4, -0.2) is 25.6 Å². The highest BCUT2D eigenvalue weighted by molar-refractivity contribution is 5.94. The fourth-order valence-electron chi connectivity index (χ4n) is 1.81. The summed E-state index contributed by atoms with van der Waals surface area (Å²) in [4.78, 5) is 23.3. The van der Waals surface area contributed by atoms with Crippen molar-refractivity contribution in [3.63, 3.8) is 0 Å². The van der Waals surface area contributed by atoms with E-state index in [2.05, 4.69) is 5.32 Å². The minimum Gasteiger partial charge on any atom is -0.497 e. The lowest BCUT2D eigenvalue weighted by atomic mass is 10.2. The highest BCUT2D eigenvalue weighted by Crippen LogP contribution is 2.13. The van der Waals surface area contributed by atoms with Crippen molar-refractivity contribution in [2.75, 3.05) is 19.0 Å². The van der Waals surface area contributed by atoms with Gasteiger partial charge in [-0.25, -0.2) is 4.79 Å². The molecular formula is C18H17NO4. The number of hydrogen-bond donors (Lipinski definition) is 1. The number of esters is 1. The van der Waals surface area contributed by atoms with Crippen LogP contribution in [0.2, 0.25) is 0 Å². The lowest BCUT2D eigenvalue weighted by molar-refractivity contribution is -0.142. The van der Waals surface area contributed by atoms with E-state index in [9.17, 15) is 9.59 Å². The molecule has 5 heteroatoms. The first kappa shape index (κ1) is 16.3. The van der Waals surface area contributed by atoms with E-state index in [1.807, 2.05) is 24.3 Å². The molecule has 118 valence electrons. The zero-order valence-electron chi connectivity index (χ0n) is 12.7. The SMILES string of the molecule is COc1cccc(C=CC(=O)OCC(=O)Nc2ccccc2)c1. The van der Waals surface area contributed by atoms with Gasteiger partial charge in [-0.1, -0.05) is 30.3 Å². The first-order valence-corrected chi connectivity index (χ1v) is 7.01. The second-order valence-electron chi connectivity index (χ2n) is 4.63. The number of benzene rings is 2. The molecule has 0 aliphatic heterocycles. The molecule has 2 aromatic rings. The van der Waals surface area contributed by atoms with Crippen LogP contribution in [0.3, 0.4) is 0 Å². The van der Waals surface area contributed by atoms with Crippen molar-refractivity contribution in [2.45, 2.75) is 0 Å². The molecule has 1 N–H and O–H groups in total. The third kappa shape index (κ3) is 5.67. The maximum absolute atomic E-state index is 11.6. The molecule has 0 saturated carbocycles. The van der Waals surface area contributed by atoms with Crippen molar-refractivity contribution in [1.82, 2.24) is 0 Å². The Morgan fingerprint density at radius 3 is 2.61 bits per heavy atom. The molecule has 0 heterocycles. The topological polar surface area (TPSA) is 64.6 Å². The fraction of sp³-hybridized carbons (Fsp3) is 0.111. The van der Waals surface area contributed by atoms with E-state index < -0.39 is 5.97 Å². The molecule has 5 nitrogen and oxygen atoms in total. The predicted octanol–water partition coefficient (Wildman–Crippen LogP) is 2.89. The summed E-state index contributed by atoms with van der Waals surface area (Å²) in [5, 5.41) is 2.63. The van der Waals surface area contributed by atoms with Gasteiger partial charge in [-0.05, 0) is 35.9 Å². The van der Waals surface area contributed by atoms with Gasteiger partial charge in [0.2, 0.25) is 0 Å². The molecule has 0 unspecified atom stereocenters. The predicted molar refractivity (Wildman–Crippen MR) is 88.1 cm³/mol. The van der Waals surface area contributed by atoms with Crippen LogP contribution in [-0.2, 0) is 14.3 Å². The zero-order chi connectivity index (χ0) is 16.5. The van der Waals surface area contributed by atoms with Crippen LogP contribution in [0.5, 0.6) is 5.75 Å². The lowest BCUT2D eigenvalue weighted by Crippen LogP contribution is -2.20. The Bertz CT molecular complexity index is 695. The number of methoxy groups -OCH3 is 1. The molecule has 2 rings (SSSR count). The normalized spacial score (nSPS) is 10.3. The third-order valence-electron chi connectivity index (χ3n) is 2.91. The Morgan fingerprint density at radius 1 is 1.09 bits per heavy atom. The van der Waals surface area contributed by atoms with Gasteiger partial charge in [0.1, 0.15) is 5.75 Å². The number of nitrogens with one attached hydrogen (secondary N) is 1. The minimum absolute atomic E-state index is 0.337. The van der Waals surface area contributed by atoms with Gasteiger partial charge in [-0.15, -0.1) is 0 Å². The first-order chi connectivity index (χ1) is 11.2. The highest BCUT2D eigenvalue weighted by Gasteiger charge is 2.05. The number of ether oxygens (including phenoxy) is 2. The van der Waals surface area contributed by atoms with Gasteiger partial charge < -0.3 is 14.8 Å². The van der Waals surface area contributed by atoms with Crippen molar-refractivity contribution in [1.29, 1.82) is 0 Å². The molecule has 0 atom stereocenters. The molecule has 0 radical (unpaired) electrons. The maximum atomic E-state index is 11.6. The number of carbonyl (C=O) groups excluding carboxylic acids is 2. The first-order valence-electron chi connectivity index (χ1n) is 7.01. The van der Waals surface area contributed by atoms with E-state index in [0.717, 1.165) is 5.56 Å². The monoisotopic (exact) mass is 311 g/mol. The van der Waals surface area contributed by atoms with Gasteiger partial charge in [0.25, 0.3) is 5.91 Å². The van der Waals surface area contributed by atoms with Crippen molar-refractivity contribution in [3.05, 3.63) is 66.2 Å². The summed E-state index contributed by atoms with van der Waals surface area (Å²) < 4.78 is 9.98. The van der Waals surface area contributed by atoms with Gasteiger partial charge in [0, 0.05) is 11.8 Å². The molecule has 0 bridgehead atoms. The van der Waals surface area contributed by atoms with Gasteiger partial charge in [-0.3, -0.25) is 4.79 Å². The van der Waals surface area contributed by atoms with E-state index in [-0.39, 0.29) is 12.5 Å². The van der Waals surface area contributed by atoms with E-state index in [4.69, 9.17) is 9.47 Å². The maximum Gasteiger partial charge on any atom is 0.331 e. The Hall–Kier alpha value is -3.08. The Balaban J connectivity index is 1.80. The zero-order valence-corrected chi connectivity index (χ0v) is 12.7. The van der Waals surface area contributed by atoms with Gasteiger partial charge >= 0.3 is 5.97 Å². The van der Waals surface area contributed by atoms with E-state index in [1.165, 1.54) is 6.08 Å². The lowest BCUT2D eigenvalue weighted by Gasteiger charge is -2.05. The quantitative estimate of drug-likeness (QED) is 0.658. The van der Waals surface area contributed by atoms with Crippen molar-refractivity contribution < 1.29 is 19.1 Å². The summed E-state index contributed by atoms with van der Waals surface area (Å²) in [7, 11) is 1.57. The summed E-state index contributed by atoms with van der Waals surface area (Å²) >= 11 is 0. The molecular weight excluding hydrogens is 294 g/mol. The summed E-state index contributed by atoms with van der Waals surface area (Å²) in [5.74, 6) is -0.280. The molecule has 0 saturated heterocycles. The van der Waals surface area contributed by atoms with Gasteiger partial charge in [0.15, 0.2) is 6.61 Å². The number of para-hydroxylation sites is 1. The summed E-state index contributed by atoms with van der Waals surface area (Å²) in [5.41, 5.74) is 1.45. The molecule has 0 fully saturated rings. The van der Waals surface area contributed by atoms with Crippen molar-refractivity contribution >= 4 is 23.6 Å². The van der Waals surface area contributed by atoms with Crippen LogP contribution < -0.4 is 10.1 Å². The summed E-state index contributed by atoms with van der Waals surface area (Å²) in [6, 6.07) is 16.2. The number of anilines is 1. The Morgan fingerprint density at radius 2 is 1.87 bits per heavy atom. The molecule has 0 aliphatic rings. The molecule has 0 spiro atoms. The van der Waals surface area contributed by atoms with Crippen LogP contribution in [0.1, 0.15) is 5.56 Å². The number of carbonyl (C=O) groups is 2. The van der Waals surface area contributed by atoms with Gasteiger partial charge in [0.05, 0.1) is 7.11 Å². The smallest absolute Gasteiger partial charge is 0.331 e. The van der Waals surface area contributed by atoms with Crippen LogP contribution in [0.15, 0.2) is 60.7 Å². The standard InChI is InChI=1S/C18H17NO4/c1-22-16-9-5-6-14(12-16)10-11-18(21)23-13-17(20)19-15-7-3-2-4-8-15/h2-12H,13H2,1H3,(H,19,20). The van der Waals surface area contributed by atoms with Crippen molar-refractivity contribution in [3.8, 4) is 5.75 Å². The minimum atomic E-state index is -0.587. The van der Waals surface area contributed by atoms with Crippen LogP contribution >= 0.6 is 0 Å². The van der Waals surface area contributed by atoms with Crippen LogP contribution in [0, 0.1) is 0 Å². The average Bonchev–Trinajstić information content (AvgIpc) is 2.59. The molecule has 1 amide bonds. The second-order valence-corrected chi connectivity index (χ2v) is 4.63. The molecule has 2 aromatic carbocycles. The number of rotatable bonds is 6.